The average molecular weight is 208 g/mol. The summed E-state index contributed by atoms with van der Waals surface area (Å²) in [6, 6.07) is 0. The van der Waals surface area contributed by atoms with Crippen molar-refractivity contribution in [2.75, 3.05) is 13.1 Å². The molecule has 0 spiro atoms. The summed E-state index contributed by atoms with van der Waals surface area (Å²) in [7, 11) is 0. The highest BCUT2D eigenvalue weighted by Gasteiger charge is 2.20. The zero-order valence-corrected chi connectivity index (χ0v) is 8.96. The molecule has 1 aromatic heterocycles. The van der Waals surface area contributed by atoms with Gasteiger partial charge in [0.05, 0.1) is 0 Å². The zero-order valence-electron chi connectivity index (χ0n) is 8.96. The SMILES string of the molecule is CC1CCCN(C(=O)Cn2cncn2)C1. The summed E-state index contributed by atoms with van der Waals surface area (Å²) in [6.45, 7) is 4.27. The summed E-state index contributed by atoms with van der Waals surface area (Å²) in [5.41, 5.74) is 0. The van der Waals surface area contributed by atoms with Crippen molar-refractivity contribution < 1.29 is 4.79 Å². The van der Waals surface area contributed by atoms with Crippen LogP contribution in [-0.2, 0) is 11.3 Å². The molecule has 1 unspecified atom stereocenters. The number of amides is 1. The van der Waals surface area contributed by atoms with E-state index in [1.807, 2.05) is 4.90 Å². The van der Waals surface area contributed by atoms with Crippen molar-refractivity contribution in [1.29, 1.82) is 0 Å². The molecule has 1 fully saturated rings. The summed E-state index contributed by atoms with van der Waals surface area (Å²) in [5, 5.41) is 3.93. The highest BCUT2D eigenvalue weighted by atomic mass is 16.2. The number of hydrogen-bond acceptors (Lipinski definition) is 3. The van der Waals surface area contributed by atoms with Crippen LogP contribution in [-0.4, -0.2) is 38.7 Å². The number of aromatic nitrogens is 3. The van der Waals surface area contributed by atoms with E-state index in [-0.39, 0.29) is 5.91 Å². The number of rotatable bonds is 2. The molecule has 0 radical (unpaired) electrons. The lowest BCUT2D eigenvalue weighted by Gasteiger charge is -2.30. The van der Waals surface area contributed by atoms with E-state index in [9.17, 15) is 4.79 Å². The third-order valence-electron chi connectivity index (χ3n) is 2.77. The predicted molar refractivity (Wildman–Crippen MR) is 55.0 cm³/mol. The number of carbonyl (C=O) groups excluding carboxylic acids is 1. The first-order chi connectivity index (χ1) is 7.25. The average Bonchev–Trinajstić information content (AvgIpc) is 2.70. The normalized spacial score (nSPS) is 21.7. The summed E-state index contributed by atoms with van der Waals surface area (Å²) < 4.78 is 1.57. The van der Waals surface area contributed by atoms with E-state index in [4.69, 9.17) is 0 Å². The summed E-state index contributed by atoms with van der Waals surface area (Å²) >= 11 is 0. The Kier molecular flexibility index (Phi) is 2.99. The van der Waals surface area contributed by atoms with E-state index in [1.54, 1.807) is 11.0 Å². The van der Waals surface area contributed by atoms with Crippen LogP contribution in [0.2, 0.25) is 0 Å². The van der Waals surface area contributed by atoms with Gasteiger partial charge in [-0.2, -0.15) is 5.10 Å². The first-order valence-corrected chi connectivity index (χ1v) is 5.36. The third kappa shape index (κ3) is 2.55. The van der Waals surface area contributed by atoms with Crippen molar-refractivity contribution in [2.24, 2.45) is 5.92 Å². The van der Waals surface area contributed by atoms with Crippen LogP contribution in [0, 0.1) is 5.92 Å². The number of likely N-dealkylation sites (tertiary alicyclic amines) is 1. The molecule has 1 aliphatic rings. The van der Waals surface area contributed by atoms with Crippen molar-refractivity contribution >= 4 is 5.91 Å². The second-order valence-electron chi connectivity index (χ2n) is 4.18. The maximum Gasteiger partial charge on any atom is 0.244 e. The minimum Gasteiger partial charge on any atom is -0.341 e. The number of carbonyl (C=O) groups is 1. The van der Waals surface area contributed by atoms with E-state index in [2.05, 4.69) is 17.0 Å². The third-order valence-corrected chi connectivity index (χ3v) is 2.77. The lowest BCUT2D eigenvalue weighted by Crippen LogP contribution is -2.40. The monoisotopic (exact) mass is 208 g/mol. The van der Waals surface area contributed by atoms with Crippen molar-refractivity contribution in [3.63, 3.8) is 0 Å². The quantitative estimate of drug-likeness (QED) is 0.712. The van der Waals surface area contributed by atoms with Crippen LogP contribution in [0.5, 0.6) is 0 Å². The molecule has 0 N–H and O–H groups in total. The van der Waals surface area contributed by atoms with Gasteiger partial charge in [0.25, 0.3) is 0 Å². The molecule has 1 saturated heterocycles. The Labute approximate surface area is 89.1 Å². The summed E-state index contributed by atoms with van der Waals surface area (Å²) in [4.78, 5) is 17.6. The fraction of sp³-hybridized carbons (Fsp3) is 0.700. The summed E-state index contributed by atoms with van der Waals surface area (Å²) in [6.07, 6.45) is 5.37. The fourth-order valence-electron chi connectivity index (χ4n) is 1.97. The van der Waals surface area contributed by atoms with E-state index in [1.165, 1.54) is 12.7 Å². The molecule has 0 aromatic carbocycles. The van der Waals surface area contributed by atoms with Crippen molar-refractivity contribution in [2.45, 2.75) is 26.3 Å². The van der Waals surface area contributed by atoms with Gasteiger partial charge in [-0.1, -0.05) is 6.92 Å². The molecule has 1 amide bonds. The maximum absolute atomic E-state index is 11.8. The van der Waals surface area contributed by atoms with Gasteiger partial charge in [-0.25, -0.2) is 9.67 Å². The largest absolute Gasteiger partial charge is 0.341 e. The predicted octanol–water partition coefficient (Wildman–Crippen LogP) is 0.537. The molecule has 1 aromatic rings. The van der Waals surface area contributed by atoms with E-state index >= 15 is 0 Å². The Bertz CT molecular complexity index is 322. The highest BCUT2D eigenvalue weighted by molar-refractivity contribution is 5.75. The minimum absolute atomic E-state index is 0.145. The molecule has 0 saturated carbocycles. The Morgan fingerprint density at radius 3 is 3.13 bits per heavy atom. The molecular weight excluding hydrogens is 192 g/mol. The van der Waals surface area contributed by atoms with Crippen LogP contribution < -0.4 is 0 Å². The number of nitrogens with zero attached hydrogens (tertiary/aromatic N) is 4. The Morgan fingerprint density at radius 1 is 1.60 bits per heavy atom. The van der Waals surface area contributed by atoms with Crippen LogP contribution >= 0.6 is 0 Å². The van der Waals surface area contributed by atoms with Gasteiger partial charge in [0, 0.05) is 13.1 Å². The van der Waals surface area contributed by atoms with Gasteiger partial charge in [0.2, 0.25) is 5.91 Å². The first kappa shape index (κ1) is 10.1. The molecule has 1 atom stereocenters. The Balaban J connectivity index is 1.90. The lowest BCUT2D eigenvalue weighted by molar-refractivity contribution is -0.133. The second-order valence-corrected chi connectivity index (χ2v) is 4.18. The van der Waals surface area contributed by atoms with Gasteiger partial charge in [-0.15, -0.1) is 0 Å². The molecule has 5 nitrogen and oxygen atoms in total. The van der Waals surface area contributed by atoms with Crippen LogP contribution in [0.15, 0.2) is 12.7 Å². The fourth-order valence-corrected chi connectivity index (χ4v) is 1.97. The molecule has 15 heavy (non-hydrogen) atoms. The van der Waals surface area contributed by atoms with Crippen LogP contribution in [0.4, 0.5) is 0 Å². The summed E-state index contributed by atoms with van der Waals surface area (Å²) in [5.74, 6) is 0.769. The zero-order chi connectivity index (χ0) is 10.7. The molecule has 1 aliphatic heterocycles. The first-order valence-electron chi connectivity index (χ1n) is 5.36. The smallest absolute Gasteiger partial charge is 0.244 e. The standard InChI is InChI=1S/C10H16N4O/c1-9-3-2-4-13(5-9)10(15)6-14-8-11-7-12-14/h7-9H,2-6H2,1H3. The minimum atomic E-state index is 0.145. The van der Waals surface area contributed by atoms with Crippen molar-refractivity contribution in [3.05, 3.63) is 12.7 Å². The molecule has 2 rings (SSSR count). The van der Waals surface area contributed by atoms with Crippen LogP contribution in [0.1, 0.15) is 19.8 Å². The van der Waals surface area contributed by atoms with E-state index in [0.717, 1.165) is 19.5 Å². The van der Waals surface area contributed by atoms with Gasteiger partial charge in [0.15, 0.2) is 0 Å². The Morgan fingerprint density at radius 2 is 2.47 bits per heavy atom. The van der Waals surface area contributed by atoms with Crippen LogP contribution in [0.25, 0.3) is 0 Å². The van der Waals surface area contributed by atoms with Gasteiger partial charge in [0.1, 0.15) is 19.2 Å². The molecule has 0 bridgehead atoms. The number of hydrogen-bond donors (Lipinski definition) is 0. The lowest BCUT2D eigenvalue weighted by atomic mass is 10.0. The number of piperidine rings is 1. The molecule has 2 heterocycles. The Hall–Kier alpha value is -1.39. The van der Waals surface area contributed by atoms with Crippen molar-refractivity contribution in [3.8, 4) is 0 Å². The van der Waals surface area contributed by atoms with Crippen LogP contribution in [0.3, 0.4) is 0 Å². The van der Waals surface area contributed by atoms with Crippen molar-refractivity contribution in [1.82, 2.24) is 19.7 Å². The van der Waals surface area contributed by atoms with Gasteiger partial charge in [-0.3, -0.25) is 4.79 Å². The van der Waals surface area contributed by atoms with E-state index < -0.39 is 0 Å². The maximum atomic E-state index is 11.8. The van der Waals surface area contributed by atoms with Gasteiger partial charge >= 0.3 is 0 Å². The topological polar surface area (TPSA) is 51.0 Å². The molecule has 0 aliphatic carbocycles. The highest BCUT2D eigenvalue weighted by Crippen LogP contribution is 2.15. The second kappa shape index (κ2) is 4.42. The molecule has 5 heteroatoms. The molecule has 82 valence electrons. The van der Waals surface area contributed by atoms with Gasteiger partial charge in [-0.05, 0) is 18.8 Å². The molecular formula is C10H16N4O. The van der Waals surface area contributed by atoms with E-state index in [0.29, 0.717) is 12.5 Å². The van der Waals surface area contributed by atoms with Gasteiger partial charge < -0.3 is 4.90 Å².